The maximum absolute atomic E-state index is 13.5. The predicted octanol–water partition coefficient (Wildman–Crippen LogP) is 4.42. The number of carbonyl (C=O) groups is 1. The maximum atomic E-state index is 13.5. The van der Waals surface area contributed by atoms with Crippen molar-refractivity contribution >= 4 is 16.8 Å². The maximum Gasteiger partial charge on any atom is 0.261 e. The van der Waals surface area contributed by atoms with E-state index >= 15 is 0 Å². The van der Waals surface area contributed by atoms with Gasteiger partial charge in [-0.05, 0) is 50.8 Å². The van der Waals surface area contributed by atoms with Gasteiger partial charge in [0.25, 0.3) is 5.56 Å². The van der Waals surface area contributed by atoms with E-state index in [2.05, 4.69) is 0 Å². The minimum absolute atomic E-state index is 0.0780. The Morgan fingerprint density at radius 3 is 2.68 bits per heavy atom. The molecule has 0 spiro atoms. The van der Waals surface area contributed by atoms with Crippen molar-refractivity contribution in [2.24, 2.45) is 11.7 Å². The Morgan fingerprint density at radius 1 is 1.21 bits per heavy atom. The summed E-state index contributed by atoms with van der Waals surface area (Å²) in [6.07, 6.45) is 10.6. The molecular weight excluding hydrogens is 428 g/mol. The molecule has 1 fully saturated rings. The van der Waals surface area contributed by atoms with E-state index in [1.807, 2.05) is 36.1 Å². The molecular formula is C27H42N4O3. The van der Waals surface area contributed by atoms with Gasteiger partial charge >= 0.3 is 0 Å². The molecule has 7 heteroatoms. The molecule has 0 radical (unpaired) electrons. The lowest BCUT2D eigenvalue weighted by atomic mass is 10.0. The van der Waals surface area contributed by atoms with E-state index in [0.717, 1.165) is 32.1 Å². The molecule has 0 bridgehead atoms. The first-order chi connectivity index (χ1) is 16.6. The molecule has 0 saturated heterocycles. The van der Waals surface area contributed by atoms with Crippen LogP contribution in [-0.2, 0) is 16.1 Å². The van der Waals surface area contributed by atoms with Crippen LogP contribution >= 0.6 is 0 Å². The molecule has 188 valence electrons. The Hall–Kier alpha value is -2.25. The average Bonchev–Trinajstić information content (AvgIpc) is 3.37. The molecule has 34 heavy (non-hydrogen) atoms. The van der Waals surface area contributed by atoms with Crippen LogP contribution in [0.4, 0.5) is 0 Å². The highest BCUT2D eigenvalue weighted by atomic mass is 16.5. The number of unbranched alkanes of at least 4 members (excludes halogenated alkanes) is 3. The van der Waals surface area contributed by atoms with Gasteiger partial charge in [-0.3, -0.25) is 14.2 Å². The van der Waals surface area contributed by atoms with Crippen molar-refractivity contribution in [3.05, 3.63) is 40.4 Å². The van der Waals surface area contributed by atoms with Crippen molar-refractivity contribution in [2.75, 3.05) is 26.8 Å². The fourth-order valence-electron chi connectivity index (χ4n) is 5.13. The lowest BCUT2D eigenvalue weighted by Gasteiger charge is -2.31. The summed E-state index contributed by atoms with van der Waals surface area (Å²) in [5, 5.41) is 0.593. The summed E-state index contributed by atoms with van der Waals surface area (Å²) in [4.78, 5) is 33.7. The minimum Gasteiger partial charge on any atom is -0.383 e. The number of hydrogen-bond donors (Lipinski definition) is 1. The van der Waals surface area contributed by atoms with E-state index in [1.54, 1.807) is 11.7 Å². The van der Waals surface area contributed by atoms with Crippen molar-refractivity contribution in [3.63, 3.8) is 0 Å². The quantitative estimate of drug-likeness (QED) is 0.413. The largest absolute Gasteiger partial charge is 0.383 e. The van der Waals surface area contributed by atoms with Gasteiger partial charge < -0.3 is 15.4 Å². The summed E-state index contributed by atoms with van der Waals surface area (Å²) in [7, 11) is 1.63. The second-order valence-electron chi connectivity index (χ2n) is 9.59. The number of nitrogens with zero attached hydrogens (tertiary/aromatic N) is 3. The third-order valence-electron chi connectivity index (χ3n) is 7.17. The second-order valence-corrected chi connectivity index (χ2v) is 9.59. The van der Waals surface area contributed by atoms with Gasteiger partial charge in [0, 0.05) is 20.1 Å². The number of ether oxygens (including phenoxy) is 1. The van der Waals surface area contributed by atoms with Gasteiger partial charge in [-0.2, -0.15) is 0 Å². The second kappa shape index (κ2) is 13.6. The minimum atomic E-state index is -0.292. The zero-order chi connectivity index (χ0) is 24.3. The third-order valence-corrected chi connectivity index (χ3v) is 7.17. The topological polar surface area (TPSA) is 90.4 Å². The average molecular weight is 471 g/mol. The first kappa shape index (κ1) is 26.4. The zero-order valence-corrected chi connectivity index (χ0v) is 21.0. The third kappa shape index (κ3) is 6.89. The molecule has 2 N–H and O–H groups in total. The first-order valence-corrected chi connectivity index (χ1v) is 13.0. The summed E-state index contributed by atoms with van der Waals surface area (Å²) in [5.74, 6) is 1.47. The van der Waals surface area contributed by atoms with Crippen LogP contribution in [0, 0.1) is 5.92 Å². The molecule has 1 unspecified atom stereocenters. The Labute approximate surface area is 203 Å². The molecule has 1 aliphatic carbocycles. The number of para-hydroxylation sites is 1. The van der Waals surface area contributed by atoms with Crippen LogP contribution < -0.4 is 11.3 Å². The van der Waals surface area contributed by atoms with Crippen molar-refractivity contribution in [1.82, 2.24) is 14.5 Å². The van der Waals surface area contributed by atoms with E-state index in [-0.39, 0.29) is 17.5 Å². The summed E-state index contributed by atoms with van der Waals surface area (Å²) in [6, 6.07) is 7.14. The monoisotopic (exact) mass is 470 g/mol. The number of nitrogens with two attached hydrogens (primary N) is 1. The molecule has 1 heterocycles. The summed E-state index contributed by atoms with van der Waals surface area (Å²) in [6.45, 7) is 4.20. The van der Waals surface area contributed by atoms with Gasteiger partial charge in [0.05, 0.1) is 30.1 Å². The number of amides is 1. The summed E-state index contributed by atoms with van der Waals surface area (Å²) in [5.41, 5.74) is 6.24. The smallest absolute Gasteiger partial charge is 0.261 e. The highest BCUT2D eigenvalue weighted by molar-refractivity contribution is 5.78. The van der Waals surface area contributed by atoms with Gasteiger partial charge in [-0.25, -0.2) is 4.98 Å². The molecule has 1 aromatic heterocycles. The van der Waals surface area contributed by atoms with E-state index in [4.69, 9.17) is 15.5 Å². The molecule has 1 aromatic carbocycles. The molecule has 1 aliphatic rings. The number of carbonyl (C=O) groups excluding carboxylic acids is 1. The zero-order valence-electron chi connectivity index (χ0n) is 21.0. The molecule has 2 aromatic rings. The first-order valence-electron chi connectivity index (χ1n) is 13.0. The molecule has 3 rings (SSSR count). The SMILES string of the molecule is COCCn1c(C(C)N(CCCCCCN)C(=O)CCC2CCCC2)nc2ccccc2c1=O. The van der Waals surface area contributed by atoms with Crippen LogP contribution in [0.25, 0.3) is 10.9 Å². The van der Waals surface area contributed by atoms with Gasteiger partial charge in [0.1, 0.15) is 5.82 Å². The van der Waals surface area contributed by atoms with E-state index in [0.29, 0.717) is 55.3 Å². The Balaban J connectivity index is 1.87. The fraction of sp³-hybridized carbons (Fsp3) is 0.667. The Bertz CT molecular complexity index is 968. The number of fused-ring (bicyclic) bond motifs is 1. The highest BCUT2D eigenvalue weighted by Crippen LogP contribution is 2.30. The predicted molar refractivity (Wildman–Crippen MR) is 137 cm³/mol. The van der Waals surface area contributed by atoms with Crippen LogP contribution in [0.3, 0.4) is 0 Å². The van der Waals surface area contributed by atoms with Gasteiger partial charge in [-0.1, -0.05) is 50.7 Å². The highest BCUT2D eigenvalue weighted by Gasteiger charge is 2.27. The number of methoxy groups -OCH3 is 1. The lowest BCUT2D eigenvalue weighted by molar-refractivity contribution is -0.134. The van der Waals surface area contributed by atoms with Gasteiger partial charge in [0.2, 0.25) is 5.91 Å². The van der Waals surface area contributed by atoms with Crippen molar-refractivity contribution in [3.8, 4) is 0 Å². The van der Waals surface area contributed by atoms with Crippen molar-refractivity contribution < 1.29 is 9.53 Å². The fourth-order valence-corrected chi connectivity index (χ4v) is 5.13. The molecule has 7 nitrogen and oxygen atoms in total. The number of aromatic nitrogens is 2. The standard InChI is InChI=1S/C27H42N4O3/c1-21(26-29-24-14-8-7-13-23(24)27(33)31(26)19-20-34-2)30(18-10-4-3-9-17-28)25(32)16-15-22-11-5-6-12-22/h7-8,13-14,21-22H,3-6,9-12,15-20,28H2,1-2H3. The van der Waals surface area contributed by atoms with Crippen LogP contribution in [0.1, 0.15) is 83.0 Å². The van der Waals surface area contributed by atoms with E-state index in [1.165, 1.54) is 25.7 Å². The number of benzene rings is 1. The number of rotatable bonds is 14. The van der Waals surface area contributed by atoms with Gasteiger partial charge in [0.15, 0.2) is 0 Å². The van der Waals surface area contributed by atoms with Crippen LogP contribution in [-0.4, -0.2) is 47.2 Å². The van der Waals surface area contributed by atoms with Crippen molar-refractivity contribution in [2.45, 2.75) is 83.7 Å². The molecule has 0 aliphatic heterocycles. The molecule has 1 amide bonds. The number of hydrogen-bond acceptors (Lipinski definition) is 5. The Morgan fingerprint density at radius 2 is 1.94 bits per heavy atom. The summed E-state index contributed by atoms with van der Waals surface area (Å²) >= 11 is 0. The summed E-state index contributed by atoms with van der Waals surface area (Å²) < 4.78 is 6.97. The van der Waals surface area contributed by atoms with Crippen LogP contribution in [0.5, 0.6) is 0 Å². The van der Waals surface area contributed by atoms with E-state index in [9.17, 15) is 9.59 Å². The van der Waals surface area contributed by atoms with E-state index < -0.39 is 0 Å². The van der Waals surface area contributed by atoms with Crippen LogP contribution in [0.2, 0.25) is 0 Å². The lowest BCUT2D eigenvalue weighted by Crippen LogP contribution is -2.39. The molecule has 1 atom stereocenters. The normalized spacial score (nSPS) is 15.1. The molecule has 1 saturated carbocycles. The van der Waals surface area contributed by atoms with Crippen LogP contribution in [0.15, 0.2) is 29.1 Å². The van der Waals surface area contributed by atoms with Gasteiger partial charge in [-0.15, -0.1) is 0 Å². The van der Waals surface area contributed by atoms with Crippen molar-refractivity contribution in [1.29, 1.82) is 0 Å². The Kier molecular flexibility index (Phi) is 10.5.